The molecule has 0 aromatic heterocycles. The molecule has 0 saturated heterocycles. The molecule has 0 bridgehead atoms. The summed E-state index contributed by atoms with van der Waals surface area (Å²) >= 11 is 0. The van der Waals surface area contributed by atoms with Crippen molar-refractivity contribution in [2.75, 3.05) is 6.67 Å². The zero-order valence-corrected chi connectivity index (χ0v) is 7.61. The molecule has 2 heteroatoms. The van der Waals surface area contributed by atoms with E-state index in [1.807, 2.05) is 20.8 Å². The fourth-order valence-corrected chi connectivity index (χ4v) is 0.961. The third-order valence-electron chi connectivity index (χ3n) is 1.95. The highest BCUT2D eigenvalue weighted by molar-refractivity contribution is 4.64. The zero-order valence-electron chi connectivity index (χ0n) is 7.61. The average molecular weight is 164 g/mol. The van der Waals surface area contributed by atoms with Crippen molar-refractivity contribution in [3.8, 4) is 0 Å². The molecule has 0 spiro atoms. The number of rotatable bonds is 5. The fourth-order valence-electron chi connectivity index (χ4n) is 0.961. The number of hydrogen-bond donors (Lipinski definition) is 0. The number of hydrogen-bond acceptors (Lipinski definition) is 0. The van der Waals surface area contributed by atoms with Crippen molar-refractivity contribution in [3.63, 3.8) is 0 Å². The molecule has 0 aliphatic heterocycles. The van der Waals surface area contributed by atoms with Gasteiger partial charge in [-0.2, -0.15) is 0 Å². The Morgan fingerprint density at radius 1 is 1.18 bits per heavy atom. The van der Waals surface area contributed by atoms with Crippen LogP contribution in [-0.2, 0) is 0 Å². The van der Waals surface area contributed by atoms with Gasteiger partial charge in [0.05, 0.1) is 6.67 Å². The summed E-state index contributed by atoms with van der Waals surface area (Å²) in [6.45, 7) is 5.28. The maximum absolute atomic E-state index is 13.0. The van der Waals surface area contributed by atoms with Gasteiger partial charge >= 0.3 is 0 Å². The fraction of sp³-hybridized carbons (Fsp3) is 1.00. The third-order valence-corrected chi connectivity index (χ3v) is 1.95. The van der Waals surface area contributed by atoms with Crippen LogP contribution in [0.2, 0.25) is 0 Å². The van der Waals surface area contributed by atoms with Crippen LogP contribution < -0.4 is 0 Å². The molecule has 2 atom stereocenters. The molecular formula is C9H18F2. The van der Waals surface area contributed by atoms with Crippen LogP contribution in [0, 0.1) is 11.8 Å². The quantitative estimate of drug-likeness (QED) is 0.584. The topological polar surface area (TPSA) is 0 Å². The molecule has 0 aliphatic carbocycles. The van der Waals surface area contributed by atoms with Gasteiger partial charge in [0.15, 0.2) is 0 Å². The van der Waals surface area contributed by atoms with Gasteiger partial charge in [0.2, 0.25) is 0 Å². The molecule has 0 nitrogen and oxygen atoms in total. The summed E-state index contributed by atoms with van der Waals surface area (Å²) in [5, 5.41) is 0. The highest BCUT2D eigenvalue weighted by Crippen LogP contribution is 2.18. The molecule has 0 aromatic rings. The molecule has 0 amide bonds. The molecule has 2 unspecified atom stereocenters. The Hall–Kier alpha value is -0.140. The van der Waals surface area contributed by atoms with E-state index < -0.39 is 6.17 Å². The van der Waals surface area contributed by atoms with Gasteiger partial charge < -0.3 is 0 Å². The van der Waals surface area contributed by atoms with Crippen molar-refractivity contribution in [1.29, 1.82) is 0 Å². The molecule has 0 heterocycles. The Morgan fingerprint density at radius 3 is 2.09 bits per heavy atom. The molecule has 68 valence electrons. The molecule has 0 rings (SSSR count). The first kappa shape index (κ1) is 10.9. The van der Waals surface area contributed by atoms with Gasteiger partial charge in [-0.1, -0.05) is 20.8 Å². The Labute approximate surface area is 68.0 Å². The Balaban J connectivity index is 3.48. The van der Waals surface area contributed by atoms with E-state index in [-0.39, 0.29) is 18.5 Å². The zero-order chi connectivity index (χ0) is 8.85. The smallest absolute Gasteiger partial charge is 0.103 e. The number of halogens is 2. The van der Waals surface area contributed by atoms with Crippen molar-refractivity contribution in [2.45, 2.75) is 39.8 Å². The van der Waals surface area contributed by atoms with E-state index in [1.165, 1.54) is 0 Å². The van der Waals surface area contributed by atoms with E-state index >= 15 is 0 Å². The van der Waals surface area contributed by atoms with Gasteiger partial charge in [0.25, 0.3) is 0 Å². The summed E-state index contributed by atoms with van der Waals surface area (Å²) in [7, 11) is 0. The second kappa shape index (κ2) is 5.50. The summed E-state index contributed by atoms with van der Waals surface area (Å²) in [5.41, 5.74) is 0. The van der Waals surface area contributed by atoms with E-state index in [1.54, 1.807) is 0 Å². The minimum Gasteiger partial charge on any atom is -0.251 e. The van der Waals surface area contributed by atoms with E-state index in [0.29, 0.717) is 12.8 Å². The maximum atomic E-state index is 13.0. The van der Waals surface area contributed by atoms with Gasteiger partial charge in [0, 0.05) is 0 Å². The normalized spacial score (nSPS) is 16.9. The molecule has 0 fully saturated rings. The Bertz CT molecular complexity index is 91.6. The SMILES string of the molecule is CC(CCF)CC(F)C(C)C. The van der Waals surface area contributed by atoms with Crippen molar-refractivity contribution in [1.82, 2.24) is 0 Å². The summed E-state index contributed by atoms with van der Waals surface area (Å²) in [6, 6.07) is 0. The van der Waals surface area contributed by atoms with Crippen LogP contribution in [0.4, 0.5) is 8.78 Å². The van der Waals surface area contributed by atoms with Crippen LogP contribution in [-0.4, -0.2) is 12.8 Å². The van der Waals surface area contributed by atoms with Crippen molar-refractivity contribution in [3.05, 3.63) is 0 Å². The van der Waals surface area contributed by atoms with Crippen molar-refractivity contribution < 1.29 is 8.78 Å². The van der Waals surface area contributed by atoms with E-state index in [0.717, 1.165) is 0 Å². The van der Waals surface area contributed by atoms with Crippen molar-refractivity contribution in [2.24, 2.45) is 11.8 Å². The molecule has 0 saturated carbocycles. The molecule has 11 heavy (non-hydrogen) atoms. The second-order valence-electron chi connectivity index (χ2n) is 3.58. The molecular weight excluding hydrogens is 146 g/mol. The summed E-state index contributed by atoms with van der Waals surface area (Å²) in [6.07, 6.45) is 0.228. The Kier molecular flexibility index (Phi) is 5.43. The first-order chi connectivity index (χ1) is 5.07. The van der Waals surface area contributed by atoms with E-state index in [9.17, 15) is 8.78 Å². The lowest BCUT2D eigenvalue weighted by Crippen LogP contribution is -2.13. The van der Waals surface area contributed by atoms with Crippen molar-refractivity contribution >= 4 is 0 Å². The van der Waals surface area contributed by atoms with Crippen LogP contribution in [0.15, 0.2) is 0 Å². The third kappa shape index (κ3) is 5.16. The molecule has 0 radical (unpaired) electrons. The average Bonchev–Trinajstić information content (AvgIpc) is 1.87. The van der Waals surface area contributed by atoms with Crippen LogP contribution in [0.1, 0.15) is 33.6 Å². The van der Waals surface area contributed by atoms with Crippen LogP contribution >= 0.6 is 0 Å². The lowest BCUT2D eigenvalue weighted by Gasteiger charge is -2.15. The second-order valence-corrected chi connectivity index (χ2v) is 3.58. The lowest BCUT2D eigenvalue weighted by atomic mass is 9.95. The highest BCUT2D eigenvalue weighted by Gasteiger charge is 2.14. The summed E-state index contributed by atoms with van der Waals surface area (Å²) < 4.78 is 24.7. The molecule has 0 aliphatic rings. The molecule has 0 N–H and O–H groups in total. The summed E-state index contributed by atoms with van der Waals surface area (Å²) in [4.78, 5) is 0. The monoisotopic (exact) mass is 164 g/mol. The minimum atomic E-state index is -0.767. The predicted molar refractivity (Wildman–Crippen MR) is 44.1 cm³/mol. The molecule has 0 aromatic carbocycles. The van der Waals surface area contributed by atoms with Gasteiger partial charge in [0.1, 0.15) is 6.17 Å². The first-order valence-corrected chi connectivity index (χ1v) is 4.28. The predicted octanol–water partition coefficient (Wildman–Crippen LogP) is 3.37. The van der Waals surface area contributed by atoms with Gasteiger partial charge in [-0.05, 0) is 24.7 Å². The largest absolute Gasteiger partial charge is 0.251 e. The summed E-state index contributed by atoms with van der Waals surface area (Å²) in [5.74, 6) is 0.245. The van der Waals surface area contributed by atoms with Gasteiger partial charge in [-0.15, -0.1) is 0 Å². The van der Waals surface area contributed by atoms with Crippen LogP contribution in [0.3, 0.4) is 0 Å². The number of alkyl halides is 2. The highest BCUT2D eigenvalue weighted by atomic mass is 19.1. The van der Waals surface area contributed by atoms with Gasteiger partial charge in [-0.3, -0.25) is 4.39 Å². The first-order valence-electron chi connectivity index (χ1n) is 4.28. The minimum absolute atomic E-state index is 0.0667. The van der Waals surface area contributed by atoms with Gasteiger partial charge in [-0.25, -0.2) is 4.39 Å². The lowest BCUT2D eigenvalue weighted by molar-refractivity contribution is 0.203. The Morgan fingerprint density at radius 2 is 1.73 bits per heavy atom. The van der Waals surface area contributed by atoms with E-state index in [2.05, 4.69) is 0 Å². The maximum Gasteiger partial charge on any atom is 0.103 e. The van der Waals surface area contributed by atoms with Crippen LogP contribution in [0.5, 0.6) is 0 Å². The van der Waals surface area contributed by atoms with E-state index in [4.69, 9.17) is 0 Å². The van der Waals surface area contributed by atoms with Crippen LogP contribution in [0.25, 0.3) is 0 Å². The standard InChI is InChI=1S/C9H18F2/c1-7(2)9(11)6-8(3)4-5-10/h7-9H,4-6H2,1-3H3.